The second-order valence-corrected chi connectivity index (χ2v) is 3.67. The molecule has 2 N–H and O–H groups in total. The molecule has 0 fully saturated rings. The molecule has 0 atom stereocenters. The largest absolute Gasteiger partial charge is 0.497 e. The summed E-state index contributed by atoms with van der Waals surface area (Å²) in [7, 11) is 2.99. The Morgan fingerprint density at radius 3 is 2.56 bits per heavy atom. The van der Waals surface area contributed by atoms with Crippen LogP contribution in [0.15, 0.2) is 30.5 Å². The van der Waals surface area contributed by atoms with Crippen LogP contribution in [0.1, 0.15) is 0 Å². The summed E-state index contributed by atoms with van der Waals surface area (Å²) in [5, 5.41) is 0. The van der Waals surface area contributed by atoms with Crippen LogP contribution < -0.4 is 15.2 Å². The first-order valence-corrected chi connectivity index (χ1v) is 5.29. The Balaban J connectivity index is 2.63. The van der Waals surface area contributed by atoms with Gasteiger partial charge in [-0.2, -0.15) is 0 Å². The van der Waals surface area contributed by atoms with Crippen LogP contribution in [0.25, 0.3) is 11.1 Å². The van der Waals surface area contributed by atoms with E-state index in [1.807, 2.05) is 0 Å². The minimum absolute atomic E-state index is 0.316. The van der Waals surface area contributed by atoms with Crippen LogP contribution in [0, 0.1) is 5.82 Å². The Labute approximate surface area is 104 Å². The fraction of sp³-hybridized carbons (Fsp3) is 0.154. The van der Waals surface area contributed by atoms with E-state index in [9.17, 15) is 4.39 Å². The monoisotopic (exact) mass is 248 g/mol. The maximum absolute atomic E-state index is 13.9. The Hall–Kier alpha value is -2.30. The third kappa shape index (κ3) is 2.20. The molecule has 0 unspecified atom stereocenters. The van der Waals surface area contributed by atoms with Gasteiger partial charge in [0.05, 0.1) is 26.1 Å². The Morgan fingerprint density at radius 1 is 1.11 bits per heavy atom. The highest BCUT2D eigenvalue weighted by molar-refractivity contribution is 5.73. The zero-order valence-corrected chi connectivity index (χ0v) is 10.1. The molecule has 5 heteroatoms. The number of anilines is 1. The van der Waals surface area contributed by atoms with Crippen LogP contribution in [0.3, 0.4) is 0 Å². The lowest BCUT2D eigenvalue weighted by molar-refractivity contribution is 0.399. The lowest BCUT2D eigenvalue weighted by atomic mass is 10.1. The van der Waals surface area contributed by atoms with Crippen LogP contribution >= 0.6 is 0 Å². The van der Waals surface area contributed by atoms with Crippen molar-refractivity contribution in [3.05, 3.63) is 36.3 Å². The molecule has 94 valence electrons. The van der Waals surface area contributed by atoms with Crippen molar-refractivity contribution in [1.29, 1.82) is 0 Å². The summed E-state index contributed by atoms with van der Waals surface area (Å²) >= 11 is 0. The number of benzene rings is 1. The van der Waals surface area contributed by atoms with E-state index in [1.165, 1.54) is 26.5 Å². The van der Waals surface area contributed by atoms with Gasteiger partial charge in [0.15, 0.2) is 0 Å². The molecule has 0 aliphatic rings. The fourth-order valence-corrected chi connectivity index (χ4v) is 1.66. The predicted molar refractivity (Wildman–Crippen MR) is 67.1 cm³/mol. The van der Waals surface area contributed by atoms with Gasteiger partial charge in [-0.1, -0.05) is 0 Å². The summed E-state index contributed by atoms with van der Waals surface area (Å²) in [5.41, 5.74) is 6.94. The predicted octanol–water partition coefficient (Wildman–Crippen LogP) is 2.49. The minimum atomic E-state index is -0.387. The molecule has 0 saturated heterocycles. The molecule has 1 aromatic carbocycles. The second-order valence-electron chi connectivity index (χ2n) is 3.67. The van der Waals surface area contributed by atoms with E-state index in [2.05, 4.69) is 4.98 Å². The van der Waals surface area contributed by atoms with Gasteiger partial charge in [-0.05, 0) is 24.3 Å². The number of nitrogens with two attached hydrogens (primary N) is 1. The third-order valence-corrected chi connectivity index (χ3v) is 2.53. The van der Waals surface area contributed by atoms with Crippen molar-refractivity contribution in [2.45, 2.75) is 0 Å². The van der Waals surface area contributed by atoms with Crippen LogP contribution in [-0.2, 0) is 0 Å². The Morgan fingerprint density at radius 2 is 1.89 bits per heavy atom. The smallest absolute Gasteiger partial charge is 0.221 e. The molecule has 0 spiro atoms. The number of hydrogen-bond donors (Lipinski definition) is 1. The Kier molecular flexibility index (Phi) is 3.32. The van der Waals surface area contributed by atoms with E-state index >= 15 is 0 Å². The highest BCUT2D eigenvalue weighted by Gasteiger charge is 2.13. The van der Waals surface area contributed by atoms with Crippen LogP contribution in [-0.4, -0.2) is 19.2 Å². The number of pyridine rings is 1. The molecule has 18 heavy (non-hydrogen) atoms. The maximum Gasteiger partial charge on any atom is 0.221 e. The molecule has 0 saturated carbocycles. The summed E-state index contributed by atoms with van der Waals surface area (Å²) in [5.74, 6) is 0.480. The highest BCUT2D eigenvalue weighted by atomic mass is 19.1. The van der Waals surface area contributed by atoms with Gasteiger partial charge in [-0.15, -0.1) is 0 Å². The molecule has 0 bridgehead atoms. The molecule has 4 nitrogen and oxygen atoms in total. The van der Waals surface area contributed by atoms with Crippen molar-refractivity contribution in [3.63, 3.8) is 0 Å². The number of methoxy groups -OCH3 is 2. The van der Waals surface area contributed by atoms with Crippen LogP contribution in [0.4, 0.5) is 10.1 Å². The van der Waals surface area contributed by atoms with Gasteiger partial charge < -0.3 is 15.2 Å². The van der Waals surface area contributed by atoms with Crippen molar-refractivity contribution in [3.8, 4) is 22.8 Å². The van der Waals surface area contributed by atoms with Gasteiger partial charge in [0.1, 0.15) is 11.6 Å². The van der Waals surface area contributed by atoms with Gasteiger partial charge in [-0.25, -0.2) is 9.37 Å². The van der Waals surface area contributed by atoms with E-state index in [1.54, 1.807) is 18.2 Å². The molecule has 0 aliphatic carbocycles. The van der Waals surface area contributed by atoms with E-state index in [0.29, 0.717) is 28.4 Å². The molecule has 2 rings (SSSR count). The number of hydrogen-bond acceptors (Lipinski definition) is 4. The standard InChI is InChI=1S/C13H13FN2O2/c1-17-9-3-4-12(14)10(6-9)11-5-8(15)7-16-13(11)18-2/h3-7H,15H2,1-2H3. The molecular formula is C13H13FN2O2. The lowest BCUT2D eigenvalue weighted by Crippen LogP contribution is -1.96. The average Bonchev–Trinajstić information content (AvgIpc) is 2.39. The summed E-state index contributed by atoms with van der Waals surface area (Å²) in [6, 6.07) is 6.07. The molecule has 0 amide bonds. The minimum Gasteiger partial charge on any atom is -0.497 e. The summed E-state index contributed by atoms with van der Waals surface area (Å²) < 4.78 is 24.0. The third-order valence-electron chi connectivity index (χ3n) is 2.53. The zero-order chi connectivity index (χ0) is 13.1. The molecular weight excluding hydrogens is 235 g/mol. The molecule has 0 aliphatic heterocycles. The normalized spacial score (nSPS) is 10.2. The number of rotatable bonds is 3. The molecule has 0 radical (unpaired) electrons. The number of nitrogen functional groups attached to an aromatic ring is 1. The van der Waals surface area contributed by atoms with Crippen molar-refractivity contribution >= 4 is 5.69 Å². The Bertz CT molecular complexity index is 573. The second kappa shape index (κ2) is 4.91. The first-order chi connectivity index (χ1) is 8.65. The van der Waals surface area contributed by atoms with Gasteiger partial charge in [0.25, 0.3) is 0 Å². The van der Waals surface area contributed by atoms with Crippen molar-refractivity contribution < 1.29 is 13.9 Å². The first-order valence-electron chi connectivity index (χ1n) is 5.29. The van der Waals surface area contributed by atoms with Gasteiger partial charge >= 0.3 is 0 Å². The summed E-state index contributed by atoms with van der Waals surface area (Å²) in [6.07, 6.45) is 1.46. The van der Waals surface area contributed by atoms with Gasteiger partial charge in [-0.3, -0.25) is 0 Å². The summed E-state index contributed by atoms with van der Waals surface area (Å²) in [4.78, 5) is 4.01. The van der Waals surface area contributed by atoms with E-state index in [0.717, 1.165) is 0 Å². The van der Waals surface area contributed by atoms with E-state index < -0.39 is 0 Å². The fourth-order valence-electron chi connectivity index (χ4n) is 1.66. The topological polar surface area (TPSA) is 57.4 Å². The maximum atomic E-state index is 13.9. The SMILES string of the molecule is COc1ccc(F)c(-c2cc(N)cnc2OC)c1. The van der Waals surface area contributed by atoms with Gasteiger partial charge in [0, 0.05) is 11.1 Å². The quantitative estimate of drug-likeness (QED) is 0.906. The number of nitrogens with zero attached hydrogens (tertiary/aromatic N) is 1. The number of ether oxygens (including phenoxy) is 2. The molecule has 1 heterocycles. The van der Waals surface area contributed by atoms with E-state index in [-0.39, 0.29) is 5.82 Å². The van der Waals surface area contributed by atoms with E-state index in [4.69, 9.17) is 15.2 Å². The lowest BCUT2D eigenvalue weighted by Gasteiger charge is -2.10. The van der Waals surface area contributed by atoms with Crippen molar-refractivity contribution in [2.75, 3.05) is 20.0 Å². The van der Waals surface area contributed by atoms with Crippen LogP contribution in [0.2, 0.25) is 0 Å². The molecule has 1 aromatic heterocycles. The van der Waals surface area contributed by atoms with Crippen molar-refractivity contribution in [1.82, 2.24) is 4.98 Å². The number of halogens is 1. The number of aromatic nitrogens is 1. The van der Waals surface area contributed by atoms with Gasteiger partial charge in [0.2, 0.25) is 5.88 Å². The van der Waals surface area contributed by atoms with Crippen molar-refractivity contribution in [2.24, 2.45) is 0 Å². The first kappa shape index (κ1) is 12.2. The molecule has 2 aromatic rings. The summed E-state index contributed by atoms with van der Waals surface area (Å²) in [6.45, 7) is 0. The van der Waals surface area contributed by atoms with Crippen LogP contribution in [0.5, 0.6) is 11.6 Å². The zero-order valence-electron chi connectivity index (χ0n) is 10.1. The average molecular weight is 248 g/mol. The highest BCUT2D eigenvalue weighted by Crippen LogP contribution is 2.33.